The molecule has 1 aromatic heterocycles. The zero-order chi connectivity index (χ0) is 13.6. The Morgan fingerprint density at radius 1 is 0.889 bits per heavy atom. The van der Waals surface area contributed by atoms with E-state index in [1.807, 2.05) is 0 Å². The molecule has 18 heavy (non-hydrogen) atoms. The van der Waals surface area contributed by atoms with Gasteiger partial charge in [0.1, 0.15) is 11.6 Å². The lowest BCUT2D eigenvalue weighted by molar-refractivity contribution is 0.139. The lowest BCUT2D eigenvalue weighted by Crippen LogP contribution is -2.43. The predicted octanol–water partition coefficient (Wildman–Crippen LogP) is 2.23. The summed E-state index contributed by atoms with van der Waals surface area (Å²) >= 11 is 0. The fourth-order valence-electron chi connectivity index (χ4n) is 2.55. The molecule has 1 aliphatic heterocycles. The van der Waals surface area contributed by atoms with Gasteiger partial charge in [-0.05, 0) is 20.8 Å². The lowest BCUT2D eigenvalue weighted by Gasteiger charge is -2.34. The molecule has 102 valence electrons. The van der Waals surface area contributed by atoms with E-state index in [1.165, 1.54) is 0 Å². The summed E-state index contributed by atoms with van der Waals surface area (Å²) in [6.45, 7) is 16.6. The molecule has 4 nitrogen and oxygen atoms in total. The number of hydrogen-bond donors (Lipinski definition) is 0. The first kappa shape index (κ1) is 13.5. The van der Waals surface area contributed by atoms with Gasteiger partial charge in [0, 0.05) is 37.0 Å². The van der Waals surface area contributed by atoms with Crippen LogP contribution >= 0.6 is 0 Å². The number of rotatable bonds is 0. The molecule has 0 saturated heterocycles. The Labute approximate surface area is 110 Å². The molecular formula is C14H26N4. The average Bonchev–Trinajstić information content (AvgIpc) is 2.48. The van der Waals surface area contributed by atoms with Crippen molar-refractivity contribution in [3.8, 4) is 0 Å². The third-order valence-electron chi connectivity index (χ3n) is 3.65. The smallest absolute Gasteiger partial charge is 0.138 e. The molecule has 0 aromatic carbocycles. The summed E-state index contributed by atoms with van der Waals surface area (Å²) in [5.74, 6) is 2.26. The first-order chi connectivity index (χ1) is 8.19. The largest absolute Gasteiger partial charge is 0.313 e. The molecule has 0 N–H and O–H groups in total. The predicted molar refractivity (Wildman–Crippen MR) is 73.8 cm³/mol. The van der Waals surface area contributed by atoms with Gasteiger partial charge >= 0.3 is 0 Å². The monoisotopic (exact) mass is 250 g/mol. The van der Waals surface area contributed by atoms with Crippen LogP contribution in [0.3, 0.4) is 0 Å². The highest BCUT2D eigenvalue weighted by atomic mass is 15.3. The highest BCUT2D eigenvalue weighted by molar-refractivity contribution is 5.07. The molecule has 2 rings (SSSR count). The van der Waals surface area contributed by atoms with Gasteiger partial charge in [-0.1, -0.05) is 20.8 Å². The van der Waals surface area contributed by atoms with Gasteiger partial charge in [0.2, 0.25) is 0 Å². The molecular weight excluding hydrogens is 224 g/mol. The summed E-state index contributed by atoms with van der Waals surface area (Å²) in [6, 6.07) is 0. The van der Waals surface area contributed by atoms with Gasteiger partial charge in [0.05, 0.1) is 0 Å². The highest BCUT2D eigenvalue weighted by Crippen LogP contribution is 2.24. The third-order valence-corrected chi connectivity index (χ3v) is 3.65. The number of fused-ring (bicyclic) bond motifs is 1. The molecule has 0 atom stereocenters. The van der Waals surface area contributed by atoms with Crippen molar-refractivity contribution < 1.29 is 0 Å². The molecule has 1 aromatic rings. The number of hydrogen-bond acceptors (Lipinski definition) is 3. The maximum absolute atomic E-state index is 4.39. The molecule has 0 fully saturated rings. The normalized spacial score (nSPS) is 18.6. The Morgan fingerprint density at radius 3 is 2.11 bits per heavy atom. The van der Waals surface area contributed by atoms with Gasteiger partial charge in [0.25, 0.3) is 0 Å². The van der Waals surface area contributed by atoms with Crippen molar-refractivity contribution in [2.75, 3.05) is 13.1 Å². The van der Waals surface area contributed by atoms with Gasteiger partial charge in [-0.15, -0.1) is 10.2 Å². The standard InChI is InChI=1S/C14H26N4/c1-13(2,3)12-16-15-11-7-8-17(14(4,5)6)9-10-18(11)12/h7-10H2,1-6H3. The summed E-state index contributed by atoms with van der Waals surface area (Å²) in [4.78, 5) is 2.54. The van der Waals surface area contributed by atoms with Crippen molar-refractivity contribution in [3.63, 3.8) is 0 Å². The van der Waals surface area contributed by atoms with Gasteiger partial charge in [-0.2, -0.15) is 0 Å². The molecule has 0 spiro atoms. The fraction of sp³-hybridized carbons (Fsp3) is 0.857. The van der Waals surface area contributed by atoms with Gasteiger partial charge in [-0.3, -0.25) is 4.90 Å². The zero-order valence-electron chi connectivity index (χ0n) is 12.6. The fourth-order valence-corrected chi connectivity index (χ4v) is 2.55. The van der Waals surface area contributed by atoms with E-state index in [0.29, 0.717) is 0 Å². The van der Waals surface area contributed by atoms with Crippen molar-refractivity contribution in [1.29, 1.82) is 0 Å². The molecule has 1 aliphatic rings. The van der Waals surface area contributed by atoms with Crippen LogP contribution in [0.4, 0.5) is 0 Å². The zero-order valence-corrected chi connectivity index (χ0v) is 12.6. The molecule has 0 radical (unpaired) electrons. The minimum absolute atomic E-state index is 0.0716. The minimum atomic E-state index is 0.0716. The molecule has 0 bridgehead atoms. The van der Waals surface area contributed by atoms with Gasteiger partial charge < -0.3 is 4.57 Å². The van der Waals surface area contributed by atoms with E-state index >= 15 is 0 Å². The van der Waals surface area contributed by atoms with Crippen LogP contribution in [0, 0.1) is 0 Å². The average molecular weight is 250 g/mol. The summed E-state index contributed by atoms with van der Waals surface area (Å²) in [7, 11) is 0. The molecule has 2 heterocycles. The second-order valence-electron chi connectivity index (χ2n) is 7.25. The lowest BCUT2D eigenvalue weighted by atomic mass is 9.95. The second kappa shape index (κ2) is 4.34. The van der Waals surface area contributed by atoms with Crippen molar-refractivity contribution in [2.45, 2.75) is 65.5 Å². The Balaban J connectivity index is 2.24. The maximum Gasteiger partial charge on any atom is 0.138 e. The van der Waals surface area contributed by atoms with Crippen LogP contribution in [0.1, 0.15) is 53.2 Å². The van der Waals surface area contributed by atoms with E-state index in [1.54, 1.807) is 0 Å². The molecule has 0 unspecified atom stereocenters. The van der Waals surface area contributed by atoms with Crippen LogP contribution < -0.4 is 0 Å². The topological polar surface area (TPSA) is 34.0 Å². The van der Waals surface area contributed by atoms with Gasteiger partial charge in [0.15, 0.2) is 0 Å². The van der Waals surface area contributed by atoms with Crippen molar-refractivity contribution in [2.24, 2.45) is 0 Å². The van der Waals surface area contributed by atoms with E-state index < -0.39 is 0 Å². The Morgan fingerprint density at radius 2 is 1.56 bits per heavy atom. The van der Waals surface area contributed by atoms with Crippen LogP contribution in [0.2, 0.25) is 0 Å². The van der Waals surface area contributed by atoms with Crippen LogP contribution in [0.15, 0.2) is 0 Å². The van der Waals surface area contributed by atoms with Crippen LogP contribution in [-0.4, -0.2) is 38.3 Å². The molecule has 4 heteroatoms. The maximum atomic E-state index is 4.39. The van der Waals surface area contributed by atoms with Crippen molar-refractivity contribution >= 4 is 0 Å². The molecule has 0 aliphatic carbocycles. The van der Waals surface area contributed by atoms with Gasteiger partial charge in [-0.25, -0.2) is 0 Å². The molecule has 0 saturated carbocycles. The SMILES string of the molecule is CC(C)(C)c1nnc2n1CCN(C(C)(C)C)CC2. The summed E-state index contributed by atoms with van der Waals surface area (Å²) in [5, 5.41) is 8.78. The van der Waals surface area contributed by atoms with E-state index in [-0.39, 0.29) is 11.0 Å². The van der Waals surface area contributed by atoms with Crippen LogP contribution in [-0.2, 0) is 18.4 Å². The van der Waals surface area contributed by atoms with Crippen molar-refractivity contribution in [3.05, 3.63) is 11.6 Å². The summed E-state index contributed by atoms with van der Waals surface area (Å²) in [5.41, 5.74) is 0.307. The van der Waals surface area contributed by atoms with E-state index in [0.717, 1.165) is 37.7 Å². The minimum Gasteiger partial charge on any atom is -0.313 e. The number of nitrogens with zero attached hydrogens (tertiary/aromatic N) is 4. The van der Waals surface area contributed by atoms with Crippen LogP contribution in [0.25, 0.3) is 0 Å². The number of aromatic nitrogens is 3. The van der Waals surface area contributed by atoms with E-state index in [4.69, 9.17) is 0 Å². The molecule has 0 amide bonds. The van der Waals surface area contributed by atoms with E-state index in [2.05, 4.69) is 61.2 Å². The van der Waals surface area contributed by atoms with E-state index in [9.17, 15) is 0 Å². The first-order valence-electron chi connectivity index (χ1n) is 6.87. The second-order valence-corrected chi connectivity index (χ2v) is 7.25. The van der Waals surface area contributed by atoms with Crippen molar-refractivity contribution in [1.82, 2.24) is 19.7 Å². The first-order valence-corrected chi connectivity index (χ1v) is 6.87. The Bertz CT molecular complexity index is 420. The highest BCUT2D eigenvalue weighted by Gasteiger charge is 2.28. The Hall–Kier alpha value is -0.900. The third kappa shape index (κ3) is 2.58. The summed E-state index contributed by atoms with van der Waals surface area (Å²) < 4.78 is 2.33. The summed E-state index contributed by atoms with van der Waals surface area (Å²) in [6.07, 6.45) is 1.00. The Kier molecular flexibility index (Phi) is 3.26. The van der Waals surface area contributed by atoms with Crippen LogP contribution in [0.5, 0.6) is 0 Å². The quantitative estimate of drug-likeness (QED) is 0.708.